The van der Waals surface area contributed by atoms with Gasteiger partial charge in [-0.1, -0.05) is 24.6 Å². The van der Waals surface area contributed by atoms with Crippen molar-refractivity contribution < 1.29 is 28.5 Å². The van der Waals surface area contributed by atoms with Crippen molar-refractivity contribution in [3.8, 4) is 17.2 Å². The average Bonchev–Trinajstić information content (AvgIpc) is 2.94. The second kappa shape index (κ2) is 17.7. The number of amides is 1. The van der Waals surface area contributed by atoms with Gasteiger partial charge in [-0.25, -0.2) is 0 Å². The zero-order valence-electron chi connectivity index (χ0n) is 23.0. The second-order valence-corrected chi connectivity index (χ2v) is 9.63. The first-order valence-electron chi connectivity index (χ1n) is 13.7. The van der Waals surface area contributed by atoms with Crippen LogP contribution in [0.1, 0.15) is 56.1 Å². The van der Waals surface area contributed by atoms with Gasteiger partial charge in [0, 0.05) is 33.7 Å². The molecule has 38 heavy (non-hydrogen) atoms. The lowest BCUT2D eigenvalue weighted by molar-refractivity contribution is -0.121. The Morgan fingerprint density at radius 3 is 2.42 bits per heavy atom. The van der Waals surface area contributed by atoms with Crippen molar-refractivity contribution in [2.45, 2.75) is 57.9 Å². The molecule has 0 aliphatic carbocycles. The lowest BCUT2D eigenvalue weighted by Gasteiger charge is -2.26. The molecule has 210 valence electrons. The van der Waals surface area contributed by atoms with Gasteiger partial charge < -0.3 is 29.0 Å². The van der Waals surface area contributed by atoms with Crippen LogP contribution in [0.5, 0.6) is 17.2 Å². The Bertz CT molecular complexity index is 948. The van der Waals surface area contributed by atoms with Gasteiger partial charge in [-0.05, 0) is 87.0 Å². The number of nitrogens with zero attached hydrogens (tertiary/aromatic N) is 1. The van der Waals surface area contributed by atoms with Gasteiger partial charge in [-0.2, -0.15) is 0 Å². The molecule has 0 radical (unpaired) electrons. The number of piperidine rings is 1. The smallest absolute Gasteiger partial charge is 0.219 e. The molecule has 2 aromatic carbocycles. The van der Waals surface area contributed by atoms with E-state index in [-0.39, 0.29) is 19.5 Å². The molecule has 8 heteroatoms. The number of aryl methyl sites for hydroxylation is 1. The van der Waals surface area contributed by atoms with E-state index in [0.29, 0.717) is 31.1 Å². The summed E-state index contributed by atoms with van der Waals surface area (Å²) in [6, 6.07) is 14.2. The fourth-order valence-corrected chi connectivity index (χ4v) is 4.49. The van der Waals surface area contributed by atoms with Crippen LogP contribution in [0.25, 0.3) is 0 Å². The molecular formula is C30H44N2O6. The Labute approximate surface area is 227 Å². The van der Waals surface area contributed by atoms with Crippen molar-refractivity contribution in [3.05, 3.63) is 53.6 Å². The van der Waals surface area contributed by atoms with Crippen LogP contribution in [-0.2, 0) is 27.2 Å². The molecule has 0 unspecified atom stereocenters. The van der Waals surface area contributed by atoms with Crippen molar-refractivity contribution >= 4 is 5.91 Å². The van der Waals surface area contributed by atoms with E-state index in [9.17, 15) is 4.79 Å². The number of unbranched alkanes of at least 4 members (excludes halogenated alkanes) is 1. The summed E-state index contributed by atoms with van der Waals surface area (Å²) in [5, 5.41) is 3.00. The molecule has 8 nitrogen and oxygen atoms in total. The van der Waals surface area contributed by atoms with Crippen molar-refractivity contribution in [1.82, 2.24) is 10.2 Å². The molecule has 1 aliphatic heterocycles. The summed E-state index contributed by atoms with van der Waals surface area (Å²) in [6.45, 7) is 4.87. The minimum Gasteiger partial charge on any atom is -0.494 e. The van der Waals surface area contributed by atoms with E-state index in [4.69, 9.17) is 23.7 Å². The van der Waals surface area contributed by atoms with Gasteiger partial charge in [0.05, 0.1) is 6.61 Å². The van der Waals surface area contributed by atoms with E-state index in [1.807, 2.05) is 24.3 Å². The van der Waals surface area contributed by atoms with E-state index in [0.717, 1.165) is 43.5 Å². The summed E-state index contributed by atoms with van der Waals surface area (Å²) in [7, 11) is 3.15. The van der Waals surface area contributed by atoms with E-state index in [1.165, 1.54) is 37.9 Å². The SMILES string of the molecule is COCOc1ccc(CCCCC(=O)NCCCOc2cccc(CN3CCCCC3)c2)cc1OCOC. The number of benzene rings is 2. The molecule has 1 aliphatic rings. The lowest BCUT2D eigenvalue weighted by atomic mass is 10.1. The highest BCUT2D eigenvalue weighted by Crippen LogP contribution is 2.29. The molecule has 1 saturated heterocycles. The average molecular weight is 529 g/mol. The molecule has 1 amide bonds. The molecule has 3 rings (SSSR count). The van der Waals surface area contributed by atoms with Crippen LogP contribution in [0.15, 0.2) is 42.5 Å². The Hall–Kier alpha value is -2.81. The zero-order valence-corrected chi connectivity index (χ0v) is 23.0. The summed E-state index contributed by atoms with van der Waals surface area (Å²) in [5.41, 5.74) is 2.42. The predicted octanol–water partition coefficient (Wildman–Crippen LogP) is 4.94. The van der Waals surface area contributed by atoms with E-state index in [1.54, 1.807) is 14.2 Å². The highest BCUT2D eigenvalue weighted by Gasteiger charge is 2.11. The molecule has 0 aromatic heterocycles. The van der Waals surface area contributed by atoms with Gasteiger partial charge in [0.25, 0.3) is 0 Å². The number of methoxy groups -OCH3 is 2. The Morgan fingerprint density at radius 2 is 1.63 bits per heavy atom. The van der Waals surface area contributed by atoms with Gasteiger partial charge in [0.1, 0.15) is 5.75 Å². The van der Waals surface area contributed by atoms with Gasteiger partial charge >= 0.3 is 0 Å². The topological polar surface area (TPSA) is 78.5 Å². The predicted molar refractivity (Wildman–Crippen MR) is 148 cm³/mol. The van der Waals surface area contributed by atoms with E-state index in [2.05, 4.69) is 28.4 Å². The largest absolute Gasteiger partial charge is 0.494 e. The number of rotatable bonds is 18. The summed E-state index contributed by atoms with van der Waals surface area (Å²) < 4.78 is 27.1. The highest BCUT2D eigenvalue weighted by atomic mass is 16.7. The van der Waals surface area contributed by atoms with Crippen LogP contribution in [0, 0.1) is 0 Å². The summed E-state index contributed by atoms with van der Waals surface area (Å²) >= 11 is 0. The van der Waals surface area contributed by atoms with Crippen LogP contribution in [-0.4, -0.2) is 64.9 Å². The number of hydrogen-bond acceptors (Lipinski definition) is 7. The molecule has 2 aromatic rings. The fraction of sp³-hybridized carbons (Fsp3) is 0.567. The van der Waals surface area contributed by atoms with Crippen molar-refractivity contribution in [2.75, 3.05) is 54.0 Å². The quantitative estimate of drug-likeness (QED) is 0.217. The number of hydrogen-bond donors (Lipinski definition) is 1. The Kier molecular flexibility index (Phi) is 13.8. The fourth-order valence-electron chi connectivity index (χ4n) is 4.49. The van der Waals surface area contributed by atoms with Crippen molar-refractivity contribution in [3.63, 3.8) is 0 Å². The summed E-state index contributed by atoms with van der Waals surface area (Å²) in [5.74, 6) is 2.22. The zero-order chi connectivity index (χ0) is 26.8. The number of nitrogens with one attached hydrogen (secondary N) is 1. The van der Waals surface area contributed by atoms with Crippen molar-refractivity contribution in [1.29, 1.82) is 0 Å². The minimum absolute atomic E-state index is 0.0842. The first-order valence-corrected chi connectivity index (χ1v) is 13.7. The lowest BCUT2D eigenvalue weighted by Crippen LogP contribution is -2.29. The maximum atomic E-state index is 12.2. The molecule has 1 heterocycles. The highest BCUT2D eigenvalue weighted by molar-refractivity contribution is 5.75. The van der Waals surface area contributed by atoms with Crippen LogP contribution in [0.3, 0.4) is 0 Å². The van der Waals surface area contributed by atoms with Gasteiger partial charge in [0.15, 0.2) is 25.1 Å². The molecule has 0 saturated carbocycles. The molecular weight excluding hydrogens is 484 g/mol. The van der Waals surface area contributed by atoms with E-state index < -0.39 is 0 Å². The number of carbonyl (C=O) groups excluding carboxylic acids is 1. The molecule has 0 spiro atoms. The third-order valence-electron chi connectivity index (χ3n) is 6.46. The van der Waals surface area contributed by atoms with Gasteiger partial charge in [-0.15, -0.1) is 0 Å². The molecule has 1 fully saturated rings. The molecule has 0 bridgehead atoms. The summed E-state index contributed by atoms with van der Waals surface area (Å²) in [4.78, 5) is 14.7. The number of likely N-dealkylation sites (tertiary alicyclic amines) is 1. The van der Waals surface area contributed by atoms with Gasteiger partial charge in [0.2, 0.25) is 5.91 Å². The maximum Gasteiger partial charge on any atom is 0.219 e. The van der Waals surface area contributed by atoms with Crippen molar-refractivity contribution in [2.24, 2.45) is 0 Å². The minimum atomic E-state index is 0.0842. The second-order valence-electron chi connectivity index (χ2n) is 9.63. The molecule has 0 atom stereocenters. The Morgan fingerprint density at radius 1 is 0.842 bits per heavy atom. The molecule has 1 N–H and O–H groups in total. The third kappa shape index (κ3) is 11.3. The first kappa shape index (κ1) is 29.7. The van der Waals surface area contributed by atoms with Crippen LogP contribution in [0.2, 0.25) is 0 Å². The normalized spacial score (nSPS) is 13.7. The number of ether oxygens (including phenoxy) is 5. The van der Waals surface area contributed by atoms with Gasteiger partial charge in [-0.3, -0.25) is 9.69 Å². The van der Waals surface area contributed by atoms with Crippen LogP contribution >= 0.6 is 0 Å². The number of carbonyl (C=O) groups is 1. The third-order valence-corrected chi connectivity index (χ3v) is 6.46. The maximum absolute atomic E-state index is 12.2. The standard InChI is InChI=1S/C30H44N2O6/c1-34-23-37-28-15-14-25(21-29(28)38-24-35-2)10-4-5-13-30(33)31-16-9-19-36-27-12-8-11-26(20-27)22-32-17-6-3-7-18-32/h8,11-12,14-15,20-21H,3-7,9-10,13,16-19,22-24H2,1-2H3,(H,31,33). The van der Waals surface area contributed by atoms with Crippen LogP contribution in [0.4, 0.5) is 0 Å². The summed E-state index contributed by atoms with van der Waals surface area (Å²) in [6.07, 6.45) is 7.83. The monoisotopic (exact) mass is 528 g/mol. The van der Waals surface area contributed by atoms with Crippen LogP contribution < -0.4 is 19.5 Å². The van der Waals surface area contributed by atoms with E-state index >= 15 is 0 Å². The Balaban J connectivity index is 1.27. The first-order chi connectivity index (χ1) is 18.7.